The van der Waals surface area contributed by atoms with Crippen LogP contribution in [0, 0.1) is 0 Å². The zero-order valence-corrected chi connectivity index (χ0v) is 53.0. The number of aldehydes is 1. The van der Waals surface area contributed by atoms with Gasteiger partial charge in [0.1, 0.15) is 39.9 Å². The molecule has 9 nitrogen and oxygen atoms in total. The van der Waals surface area contributed by atoms with Crippen LogP contribution in [0.2, 0.25) is 0 Å². The van der Waals surface area contributed by atoms with Crippen LogP contribution in [-0.4, -0.2) is 56.7 Å². The van der Waals surface area contributed by atoms with Gasteiger partial charge in [-0.2, -0.15) is 0 Å². The molecular weight excluding hydrogens is 1180 g/mol. The molecule has 0 aliphatic carbocycles. The third-order valence-corrected chi connectivity index (χ3v) is 20.1. The summed E-state index contributed by atoms with van der Waals surface area (Å²) in [5.41, 5.74) is 6.91. The van der Waals surface area contributed by atoms with Crippen LogP contribution in [-0.2, 0) is 30.1 Å². The molecule has 0 unspecified atom stereocenters. The molecule has 0 aliphatic rings. The molecule has 2 aromatic heterocycles. The number of benzene rings is 9. The van der Waals surface area contributed by atoms with Gasteiger partial charge in [0.2, 0.25) is 0 Å². The minimum absolute atomic E-state index is 0. The van der Waals surface area contributed by atoms with Crippen LogP contribution in [0.5, 0.6) is 0 Å². The van der Waals surface area contributed by atoms with Crippen molar-refractivity contribution in [3.05, 3.63) is 349 Å². The molecule has 0 N–H and O–H groups in total. The molecule has 0 radical (unpaired) electrons. The Kier molecular flexibility index (Phi) is 24.8. The molecule has 0 spiro atoms. The third kappa shape index (κ3) is 15.9. The zero-order valence-electron chi connectivity index (χ0n) is 50.5. The predicted octanol–water partition coefficient (Wildman–Crippen LogP) is 12.7. The summed E-state index contributed by atoms with van der Waals surface area (Å²) in [6.07, 6.45) is 17.8. The van der Waals surface area contributed by atoms with Crippen LogP contribution in [0.1, 0.15) is 102 Å². The fourth-order valence-electron chi connectivity index (χ4n) is 11.7. The van der Waals surface area contributed by atoms with Gasteiger partial charge in [-0.3, -0.25) is 14.4 Å². The Bertz CT molecular complexity index is 3570. The van der Waals surface area contributed by atoms with E-state index in [1.807, 2.05) is 104 Å². The lowest BCUT2D eigenvalue weighted by molar-refractivity contribution is -0.144. The van der Waals surface area contributed by atoms with E-state index in [0.29, 0.717) is 31.7 Å². The van der Waals surface area contributed by atoms with Crippen molar-refractivity contribution >= 4 is 47.5 Å². The Balaban J connectivity index is 0.000000173. The molecule has 0 aliphatic heterocycles. The van der Waals surface area contributed by atoms with E-state index in [0.717, 1.165) is 77.2 Å². The van der Waals surface area contributed by atoms with E-state index in [1.165, 1.54) is 15.9 Å². The van der Waals surface area contributed by atoms with Crippen molar-refractivity contribution in [2.24, 2.45) is 0 Å². The summed E-state index contributed by atoms with van der Waals surface area (Å²) >= 11 is 0. The number of unbranched alkanes of at least 4 members (excludes halogenated alkanes) is 2. The van der Waals surface area contributed by atoms with Gasteiger partial charge in [-0.15, -0.1) is 0 Å². The molecule has 450 valence electrons. The Labute approximate surface area is 535 Å². The Hall–Kier alpha value is -9.34. The molecule has 0 bridgehead atoms. The molecule has 0 saturated heterocycles. The van der Waals surface area contributed by atoms with Crippen molar-refractivity contribution in [1.82, 2.24) is 19.1 Å². The predicted molar refractivity (Wildman–Crippen MR) is 359 cm³/mol. The Morgan fingerprint density at radius 3 is 1.01 bits per heavy atom. The number of carbonyl (C=O) groups excluding carboxylic acids is 3. The van der Waals surface area contributed by atoms with E-state index < -0.39 is 18.3 Å². The first-order chi connectivity index (χ1) is 43.4. The molecule has 11 heteroatoms. The summed E-state index contributed by atoms with van der Waals surface area (Å²) in [6, 6.07) is 95.2. The minimum atomic E-state index is -1.78. The van der Waals surface area contributed by atoms with Gasteiger partial charge in [-0.1, -0.05) is 243 Å². The maximum atomic E-state index is 11.8. The van der Waals surface area contributed by atoms with Gasteiger partial charge in [0.25, 0.3) is 0 Å². The van der Waals surface area contributed by atoms with Gasteiger partial charge in [0, 0.05) is 25.2 Å². The second-order valence-corrected chi connectivity index (χ2v) is 24.7. The summed E-state index contributed by atoms with van der Waals surface area (Å²) in [5.74, 6) is -0.232. The summed E-state index contributed by atoms with van der Waals surface area (Å²) in [6.45, 7) is 4.56. The largest absolute Gasteiger partial charge is 1.00 e. The average Bonchev–Trinajstić information content (AvgIpc) is 2.60. The molecule has 0 fully saturated rings. The lowest BCUT2D eigenvalue weighted by atomic mass is 9.77. The quantitative estimate of drug-likeness (QED) is 0.0195. The van der Waals surface area contributed by atoms with Crippen molar-refractivity contribution in [2.45, 2.75) is 63.5 Å². The van der Waals surface area contributed by atoms with Crippen LogP contribution < -0.4 is 32.9 Å². The summed E-state index contributed by atoms with van der Waals surface area (Å²) in [7, 11) is -1.78. The number of esters is 2. The standard InChI is InChI=1S/C30H30N2O2.C25H28O2P.C23H18N2O.BrH/c1-2-34-29(33)22-14-6-13-21-28-23-32(24-31-28)30(25-15-7-3-8-16-25,26-17-9-4-10-18-26)27-19-11-5-12-20-27;1-2-27-25(26)20-12-13-21-28(22-14-6-3-7-15-22,23-16-8-4-9-17-23)24-18-10-5-11-19-24;26-17-22-16-25(18-24-22)23(19-10-4-1-5-11-19,20-12-6-2-7-13-20)21-14-8-3-9-15-21;/h3-5,7-13,15-21,23-24H,2,6,14,22H2,1H3;3-11,14-19H,2,12-13,20-21H2,1H3;1-18H;1H/q;+1;;/p-1/b21-13-;;;. The number of hydrogen-bond acceptors (Lipinski definition) is 7. The molecule has 89 heavy (non-hydrogen) atoms. The topological polar surface area (TPSA) is 105 Å². The Morgan fingerprint density at radius 1 is 0.416 bits per heavy atom. The molecule has 0 saturated carbocycles. The van der Waals surface area contributed by atoms with Crippen molar-refractivity contribution in [3.63, 3.8) is 0 Å². The normalized spacial score (nSPS) is 11.2. The highest BCUT2D eigenvalue weighted by atomic mass is 79.9. The number of halogens is 1. The summed E-state index contributed by atoms with van der Waals surface area (Å²) in [4.78, 5) is 43.6. The lowest BCUT2D eigenvalue weighted by Gasteiger charge is -2.37. The summed E-state index contributed by atoms with van der Waals surface area (Å²) in [5, 5.41) is 4.18. The molecule has 11 aromatic rings. The number of rotatable bonds is 24. The highest BCUT2D eigenvalue weighted by Gasteiger charge is 2.45. The fraction of sp³-hybridized carbons (Fsp3) is 0.167. The van der Waals surface area contributed by atoms with E-state index in [1.54, 1.807) is 12.5 Å². The number of nitrogens with zero attached hydrogens (tertiary/aromatic N) is 4. The minimum Gasteiger partial charge on any atom is -1.00 e. The number of carbonyl (C=O) groups is 3. The van der Waals surface area contributed by atoms with Gasteiger partial charge < -0.3 is 35.6 Å². The van der Waals surface area contributed by atoms with Crippen molar-refractivity contribution < 1.29 is 40.8 Å². The van der Waals surface area contributed by atoms with Crippen molar-refractivity contribution in [1.29, 1.82) is 0 Å². The molecule has 0 atom stereocenters. The average molecular weight is 1260 g/mol. The lowest BCUT2D eigenvalue weighted by Crippen LogP contribution is -3.00. The van der Waals surface area contributed by atoms with Gasteiger partial charge in [0.05, 0.1) is 37.7 Å². The molecular formula is C78H76BrN4O5P. The molecule has 9 aromatic carbocycles. The van der Waals surface area contributed by atoms with Crippen LogP contribution in [0.15, 0.2) is 304 Å². The third-order valence-electron chi connectivity index (χ3n) is 15.6. The monoisotopic (exact) mass is 1260 g/mol. The Morgan fingerprint density at radius 2 is 0.708 bits per heavy atom. The number of ether oxygens (including phenoxy) is 2. The van der Waals surface area contributed by atoms with Gasteiger partial charge >= 0.3 is 11.9 Å². The highest BCUT2D eigenvalue weighted by molar-refractivity contribution is 7.95. The first kappa shape index (κ1) is 65.6. The number of imidazole rings is 2. The maximum absolute atomic E-state index is 11.8. The maximum Gasteiger partial charge on any atom is 0.305 e. The van der Waals surface area contributed by atoms with E-state index in [2.05, 4.69) is 222 Å². The molecule has 11 rings (SSSR count). The van der Waals surface area contributed by atoms with Crippen molar-refractivity contribution in [3.8, 4) is 0 Å². The van der Waals surface area contributed by atoms with Crippen LogP contribution in [0.3, 0.4) is 0 Å². The van der Waals surface area contributed by atoms with Gasteiger partial charge in [-0.05, 0) is 115 Å². The van der Waals surface area contributed by atoms with Crippen LogP contribution in [0.4, 0.5) is 0 Å². The number of hydrogen-bond donors (Lipinski definition) is 0. The van der Waals surface area contributed by atoms with E-state index in [9.17, 15) is 14.4 Å². The number of allylic oxidation sites excluding steroid dienone is 1. The van der Waals surface area contributed by atoms with E-state index in [4.69, 9.17) is 14.5 Å². The molecule has 0 amide bonds. The van der Waals surface area contributed by atoms with Gasteiger partial charge in [-0.25, -0.2) is 9.97 Å². The second kappa shape index (κ2) is 33.7. The smallest absolute Gasteiger partial charge is 0.305 e. The first-order valence-electron chi connectivity index (χ1n) is 30.3. The molecule has 2 heterocycles. The van der Waals surface area contributed by atoms with Crippen LogP contribution in [0.25, 0.3) is 6.08 Å². The first-order valence-corrected chi connectivity index (χ1v) is 32.2. The van der Waals surface area contributed by atoms with Crippen LogP contribution >= 0.6 is 7.26 Å². The van der Waals surface area contributed by atoms with E-state index >= 15 is 0 Å². The number of aromatic nitrogens is 4. The van der Waals surface area contributed by atoms with E-state index in [-0.39, 0.29) is 28.9 Å². The highest BCUT2D eigenvalue weighted by Crippen LogP contribution is 2.56. The van der Waals surface area contributed by atoms with Crippen molar-refractivity contribution in [2.75, 3.05) is 19.4 Å². The SMILES string of the molecule is CCOC(=O)CCC/C=C\c1cn(C(c2ccccc2)(c2ccccc2)c2ccccc2)cn1.CCOC(=O)CCCC[P+](c1ccccc1)(c1ccccc1)c1ccccc1.O=Cc1cn(C(c2ccccc2)(c2ccccc2)c2ccccc2)cn1.[Br-]. The zero-order chi connectivity index (χ0) is 61.1. The van der Waals surface area contributed by atoms with Gasteiger partial charge in [0.15, 0.2) is 6.29 Å². The summed E-state index contributed by atoms with van der Waals surface area (Å²) < 4.78 is 14.3. The fourth-order valence-corrected chi connectivity index (χ4v) is 16.1. The second-order valence-electron chi connectivity index (χ2n) is 21.0.